The summed E-state index contributed by atoms with van der Waals surface area (Å²) in [5.41, 5.74) is 0.984. The van der Waals surface area contributed by atoms with E-state index in [-0.39, 0.29) is 5.82 Å². The van der Waals surface area contributed by atoms with Crippen LogP contribution in [0.3, 0.4) is 0 Å². The Kier molecular flexibility index (Phi) is 3.97. The predicted molar refractivity (Wildman–Crippen MR) is 65.6 cm³/mol. The van der Waals surface area contributed by atoms with Gasteiger partial charge < -0.3 is 15.0 Å². The first kappa shape index (κ1) is 12.3. The van der Waals surface area contributed by atoms with Gasteiger partial charge in [0, 0.05) is 26.2 Å². The Morgan fingerprint density at radius 1 is 1.47 bits per heavy atom. The Bertz CT molecular complexity index is 380. The molecule has 0 amide bonds. The molecule has 3 nitrogen and oxygen atoms in total. The maximum atomic E-state index is 13.5. The molecule has 0 unspecified atom stereocenters. The normalized spacial score (nSPS) is 16.0. The summed E-state index contributed by atoms with van der Waals surface area (Å²) < 4.78 is 18.4. The van der Waals surface area contributed by atoms with Gasteiger partial charge in [-0.1, -0.05) is 6.07 Å². The van der Waals surface area contributed by atoms with E-state index in [1.807, 2.05) is 6.07 Å². The molecule has 0 aliphatic carbocycles. The van der Waals surface area contributed by atoms with E-state index < -0.39 is 0 Å². The lowest BCUT2D eigenvalue weighted by atomic mass is 10.0. The molecule has 1 aliphatic rings. The Morgan fingerprint density at radius 3 is 2.76 bits per heavy atom. The fourth-order valence-electron chi connectivity index (χ4n) is 2.10. The SMILES string of the molecule is COc1ccc(CN(C)CC2CNC2)cc1F. The molecule has 0 aromatic heterocycles. The molecule has 2 rings (SSSR count). The van der Waals surface area contributed by atoms with Gasteiger partial charge >= 0.3 is 0 Å². The third-order valence-electron chi connectivity index (χ3n) is 3.10. The van der Waals surface area contributed by atoms with Crippen LogP contribution in [0.2, 0.25) is 0 Å². The quantitative estimate of drug-likeness (QED) is 0.841. The van der Waals surface area contributed by atoms with Crippen molar-refractivity contribution in [2.75, 3.05) is 33.8 Å². The summed E-state index contributed by atoms with van der Waals surface area (Å²) in [5.74, 6) is 0.756. The Hall–Kier alpha value is -1.13. The lowest BCUT2D eigenvalue weighted by Gasteiger charge is -2.31. The largest absolute Gasteiger partial charge is 0.494 e. The van der Waals surface area contributed by atoms with Gasteiger partial charge in [0.25, 0.3) is 0 Å². The molecule has 1 aromatic rings. The third-order valence-corrected chi connectivity index (χ3v) is 3.10. The van der Waals surface area contributed by atoms with Crippen LogP contribution in [-0.2, 0) is 6.54 Å². The van der Waals surface area contributed by atoms with Gasteiger partial charge in [0.05, 0.1) is 7.11 Å². The van der Waals surface area contributed by atoms with Gasteiger partial charge in [-0.15, -0.1) is 0 Å². The molecule has 17 heavy (non-hydrogen) atoms. The zero-order chi connectivity index (χ0) is 12.3. The molecular formula is C13H19FN2O. The highest BCUT2D eigenvalue weighted by Crippen LogP contribution is 2.18. The van der Waals surface area contributed by atoms with Gasteiger partial charge in [0.2, 0.25) is 0 Å². The van der Waals surface area contributed by atoms with Crippen molar-refractivity contribution in [3.8, 4) is 5.75 Å². The number of methoxy groups -OCH3 is 1. The second kappa shape index (κ2) is 5.47. The molecular weight excluding hydrogens is 219 g/mol. The summed E-state index contributed by atoms with van der Waals surface area (Å²) in [6.45, 7) is 4.03. The standard InChI is InChI=1S/C13H19FN2O/c1-16(9-11-6-15-7-11)8-10-3-4-13(17-2)12(14)5-10/h3-5,11,15H,6-9H2,1-2H3. The van der Waals surface area contributed by atoms with E-state index in [4.69, 9.17) is 4.74 Å². The van der Waals surface area contributed by atoms with E-state index in [1.54, 1.807) is 12.1 Å². The van der Waals surface area contributed by atoms with Crippen LogP contribution in [-0.4, -0.2) is 38.7 Å². The summed E-state index contributed by atoms with van der Waals surface area (Å²) in [6, 6.07) is 5.15. The third kappa shape index (κ3) is 3.17. The zero-order valence-corrected chi connectivity index (χ0v) is 10.4. The summed E-state index contributed by atoms with van der Waals surface area (Å²) in [7, 11) is 3.55. The first-order valence-corrected chi connectivity index (χ1v) is 5.90. The van der Waals surface area contributed by atoms with Gasteiger partial charge in [0.15, 0.2) is 11.6 Å². The van der Waals surface area contributed by atoms with Crippen LogP contribution in [0.4, 0.5) is 4.39 Å². The van der Waals surface area contributed by atoms with Crippen molar-refractivity contribution in [1.29, 1.82) is 0 Å². The smallest absolute Gasteiger partial charge is 0.165 e. The monoisotopic (exact) mass is 238 g/mol. The van der Waals surface area contributed by atoms with E-state index in [0.717, 1.165) is 37.7 Å². The maximum absolute atomic E-state index is 13.5. The van der Waals surface area contributed by atoms with Crippen molar-refractivity contribution >= 4 is 0 Å². The van der Waals surface area contributed by atoms with Crippen LogP contribution in [0.1, 0.15) is 5.56 Å². The van der Waals surface area contributed by atoms with Crippen molar-refractivity contribution in [1.82, 2.24) is 10.2 Å². The van der Waals surface area contributed by atoms with E-state index in [9.17, 15) is 4.39 Å². The molecule has 1 saturated heterocycles. The Morgan fingerprint density at radius 2 is 2.24 bits per heavy atom. The second-order valence-corrected chi connectivity index (χ2v) is 4.69. The summed E-state index contributed by atoms with van der Waals surface area (Å²) in [5, 5.41) is 3.25. The lowest BCUT2D eigenvalue weighted by Crippen LogP contribution is -2.47. The highest BCUT2D eigenvalue weighted by atomic mass is 19.1. The number of hydrogen-bond acceptors (Lipinski definition) is 3. The molecule has 1 heterocycles. The first-order chi connectivity index (χ1) is 8.19. The number of ether oxygens (including phenoxy) is 1. The zero-order valence-electron chi connectivity index (χ0n) is 10.4. The summed E-state index contributed by atoms with van der Waals surface area (Å²) in [4.78, 5) is 2.23. The molecule has 1 fully saturated rings. The molecule has 1 aliphatic heterocycles. The molecule has 0 atom stereocenters. The fourth-order valence-corrected chi connectivity index (χ4v) is 2.10. The van der Waals surface area contributed by atoms with Gasteiger partial charge in [-0.3, -0.25) is 0 Å². The minimum Gasteiger partial charge on any atom is -0.494 e. The minimum absolute atomic E-state index is 0.288. The molecule has 0 radical (unpaired) electrons. The van der Waals surface area contributed by atoms with E-state index in [2.05, 4.69) is 17.3 Å². The maximum Gasteiger partial charge on any atom is 0.165 e. The van der Waals surface area contributed by atoms with Crippen LogP contribution in [0.15, 0.2) is 18.2 Å². The van der Waals surface area contributed by atoms with Crippen LogP contribution in [0, 0.1) is 11.7 Å². The molecule has 1 aromatic carbocycles. The van der Waals surface area contributed by atoms with Gasteiger partial charge in [0.1, 0.15) is 0 Å². The number of nitrogens with one attached hydrogen (secondary N) is 1. The van der Waals surface area contributed by atoms with Crippen LogP contribution in [0.5, 0.6) is 5.75 Å². The van der Waals surface area contributed by atoms with E-state index in [0.29, 0.717) is 5.75 Å². The van der Waals surface area contributed by atoms with Crippen molar-refractivity contribution in [2.45, 2.75) is 6.54 Å². The average molecular weight is 238 g/mol. The Balaban J connectivity index is 1.90. The van der Waals surface area contributed by atoms with Crippen LogP contribution >= 0.6 is 0 Å². The number of benzene rings is 1. The van der Waals surface area contributed by atoms with Gasteiger partial charge in [-0.2, -0.15) is 0 Å². The molecule has 94 valence electrons. The predicted octanol–water partition coefficient (Wildman–Crippen LogP) is 1.49. The van der Waals surface area contributed by atoms with E-state index in [1.165, 1.54) is 7.11 Å². The van der Waals surface area contributed by atoms with Crippen molar-refractivity contribution in [3.63, 3.8) is 0 Å². The fraction of sp³-hybridized carbons (Fsp3) is 0.538. The summed E-state index contributed by atoms with van der Waals surface area (Å²) in [6.07, 6.45) is 0. The molecule has 0 saturated carbocycles. The first-order valence-electron chi connectivity index (χ1n) is 5.90. The van der Waals surface area contributed by atoms with Crippen molar-refractivity contribution in [2.24, 2.45) is 5.92 Å². The van der Waals surface area contributed by atoms with Gasteiger partial charge in [-0.05, 0) is 30.7 Å². The molecule has 0 spiro atoms. The van der Waals surface area contributed by atoms with Crippen molar-refractivity contribution < 1.29 is 9.13 Å². The van der Waals surface area contributed by atoms with Crippen LogP contribution in [0.25, 0.3) is 0 Å². The molecule has 1 N–H and O–H groups in total. The molecule has 0 bridgehead atoms. The van der Waals surface area contributed by atoms with Gasteiger partial charge in [-0.25, -0.2) is 4.39 Å². The lowest BCUT2D eigenvalue weighted by molar-refractivity contribution is 0.218. The second-order valence-electron chi connectivity index (χ2n) is 4.69. The van der Waals surface area contributed by atoms with Crippen LogP contribution < -0.4 is 10.1 Å². The topological polar surface area (TPSA) is 24.5 Å². The highest BCUT2D eigenvalue weighted by Gasteiger charge is 2.18. The summed E-state index contributed by atoms with van der Waals surface area (Å²) >= 11 is 0. The number of halogens is 1. The highest BCUT2D eigenvalue weighted by molar-refractivity contribution is 5.29. The molecule has 4 heteroatoms. The number of nitrogens with zero attached hydrogens (tertiary/aromatic N) is 1. The minimum atomic E-state index is -0.288. The number of hydrogen-bond donors (Lipinski definition) is 1. The van der Waals surface area contributed by atoms with E-state index >= 15 is 0 Å². The number of rotatable bonds is 5. The Labute approximate surface area is 102 Å². The average Bonchev–Trinajstić information content (AvgIpc) is 2.24. The van der Waals surface area contributed by atoms with Crippen molar-refractivity contribution in [3.05, 3.63) is 29.6 Å².